The molecule has 1 saturated heterocycles. The Morgan fingerprint density at radius 3 is 2.47 bits per heavy atom. The van der Waals surface area contributed by atoms with E-state index in [0.717, 1.165) is 6.42 Å². The van der Waals surface area contributed by atoms with Crippen molar-refractivity contribution in [3.63, 3.8) is 0 Å². The molecular formula is C28H34N4O6. The van der Waals surface area contributed by atoms with Crippen molar-refractivity contribution < 1.29 is 24.2 Å². The molecule has 3 heterocycles. The number of amides is 2. The van der Waals surface area contributed by atoms with Gasteiger partial charge in [0.2, 0.25) is 5.91 Å². The number of hydrogen-bond donors (Lipinski definition) is 3. The van der Waals surface area contributed by atoms with E-state index in [0.29, 0.717) is 49.1 Å². The van der Waals surface area contributed by atoms with E-state index in [-0.39, 0.29) is 53.3 Å². The highest BCUT2D eigenvalue weighted by atomic mass is 16.5. The zero-order chi connectivity index (χ0) is 27.2. The Kier molecular flexibility index (Phi) is 8.62. The van der Waals surface area contributed by atoms with Gasteiger partial charge in [0.1, 0.15) is 17.7 Å². The van der Waals surface area contributed by atoms with Gasteiger partial charge in [-0.1, -0.05) is 43.7 Å². The molecule has 4 rings (SSSR count). The number of carbonyl (C=O) groups excluding carboxylic acids is 3. The molecule has 0 unspecified atom stereocenters. The van der Waals surface area contributed by atoms with Crippen LogP contribution in [0.2, 0.25) is 0 Å². The molecule has 0 atom stereocenters. The number of pyridine rings is 1. The molecule has 0 radical (unpaired) electrons. The van der Waals surface area contributed by atoms with Gasteiger partial charge >= 0.3 is 0 Å². The van der Waals surface area contributed by atoms with E-state index in [9.17, 15) is 19.2 Å². The van der Waals surface area contributed by atoms with Crippen LogP contribution in [0.4, 0.5) is 0 Å². The number of nitrogens with one attached hydrogen (secondary N) is 2. The molecule has 38 heavy (non-hydrogen) atoms. The summed E-state index contributed by atoms with van der Waals surface area (Å²) in [6.45, 7) is 4.25. The second-order valence-corrected chi connectivity index (χ2v) is 9.40. The summed E-state index contributed by atoms with van der Waals surface area (Å²) in [7, 11) is 0. The van der Waals surface area contributed by atoms with E-state index >= 15 is 0 Å². The van der Waals surface area contributed by atoms with Gasteiger partial charge in [-0.15, -0.1) is 0 Å². The van der Waals surface area contributed by atoms with Gasteiger partial charge in [-0.05, 0) is 32.3 Å². The van der Waals surface area contributed by atoms with Crippen LogP contribution < -0.4 is 15.6 Å². The molecule has 202 valence electrons. The molecule has 1 aromatic carbocycles. The van der Waals surface area contributed by atoms with Crippen molar-refractivity contribution >= 4 is 28.5 Å². The number of ketones is 1. The van der Waals surface area contributed by atoms with Gasteiger partial charge in [0.15, 0.2) is 11.5 Å². The minimum Gasteiger partial charge on any atom is -0.491 e. The third-order valence-corrected chi connectivity index (χ3v) is 6.84. The van der Waals surface area contributed by atoms with Crippen LogP contribution in [0.3, 0.4) is 0 Å². The number of piperidine rings is 1. The van der Waals surface area contributed by atoms with Gasteiger partial charge in [-0.2, -0.15) is 0 Å². The van der Waals surface area contributed by atoms with Crippen molar-refractivity contribution in [1.29, 1.82) is 0 Å². The first-order valence-electron chi connectivity index (χ1n) is 13.1. The SMILES string of the molecule is CCCc1cc2[nH]c(C(=O)NC3CCN(C(=O)CO)CC3)c(OCC)c2c(=O)n1CC(=O)c1ccccc1. The number of aliphatic hydroxyl groups excluding tert-OH is 1. The third kappa shape index (κ3) is 5.65. The number of fused-ring (bicyclic) bond motifs is 1. The summed E-state index contributed by atoms with van der Waals surface area (Å²) < 4.78 is 7.30. The predicted molar refractivity (Wildman–Crippen MR) is 143 cm³/mol. The standard InChI is InChI=1S/C28H34N4O6/c1-3-8-20-15-21-24(28(37)32(20)16-22(34)18-9-6-5-7-10-18)26(38-4-2)25(30-21)27(36)29-19-11-13-31(14-12-19)23(35)17-33/h5-7,9-10,15,19,30,33H,3-4,8,11-14,16-17H2,1-2H3,(H,29,36). The fourth-order valence-corrected chi connectivity index (χ4v) is 4.91. The highest BCUT2D eigenvalue weighted by molar-refractivity contribution is 6.03. The van der Waals surface area contributed by atoms with Crippen molar-refractivity contribution in [2.75, 3.05) is 26.3 Å². The molecule has 1 aliphatic heterocycles. The molecule has 3 aromatic rings. The molecule has 0 saturated carbocycles. The van der Waals surface area contributed by atoms with E-state index in [1.165, 1.54) is 4.57 Å². The maximum absolute atomic E-state index is 13.8. The molecule has 10 heteroatoms. The van der Waals surface area contributed by atoms with Crippen LogP contribution in [0.1, 0.15) is 59.7 Å². The number of aromatic amines is 1. The summed E-state index contributed by atoms with van der Waals surface area (Å²) >= 11 is 0. The van der Waals surface area contributed by atoms with E-state index in [1.54, 1.807) is 36.1 Å². The van der Waals surface area contributed by atoms with Crippen LogP contribution in [0, 0.1) is 0 Å². The Bertz CT molecular complexity index is 1370. The molecule has 10 nitrogen and oxygen atoms in total. The topological polar surface area (TPSA) is 134 Å². The van der Waals surface area contributed by atoms with Crippen molar-refractivity contribution in [2.45, 2.75) is 52.1 Å². The first kappa shape index (κ1) is 27.1. The summed E-state index contributed by atoms with van der Waals surface area (Å²) in [5.41, 5.74) is 1.48. The summed E-state index contributed by atoms with van der Waals surface area (Å²) in [4.78, 5) is 56.5. The van der Waals surface area contributed by atoms with E-state index in [2.05, 4.69) is 10.3 Å². The largest absolute Gasteiger partial charge is 0.491 e. The van der Waals surface area contributed by atoms with Crippen LogP contribution in [-0.4, -0.2) is 69.5 Å². The number of H-pyrrole nitrogens is 1. The molecule has 2 aromatic heterocycles. The summed E-state index contributed by atoms with van der Waals surface area (Å²) in [6.07, 6.45) is 2.46. The fraction of sp³-hybridized carbons (Fsp3) is 0.429. The first-order valence-corrected chi connectivity index (χ1v) is 13.1. The zero-order valence-corrected chi connectivity index (χ0v) is 21.8. The van der Waals surface area contributed by atoms with Crippen LogP contribution in [-0.2, 0) is 17.8 Å². The number of aliphatic hydroxyl groups is 1. The van der Waals surface area contributed by atoms with Crippen molar-refractivity contribution in [3.05, 3.63) is 63.7 Å². The normalized spacial score (nSPS) is 14.0. The number of carbonyl (C=O) groups is 3. The maximum Gasteiger partial charge on any atom is 0.271 e. The quantitative estimate of drug-likeness (QED) is 0.350. The lowest BCUT2D eigenvalue weighted by Gasteiger charge is -2.32. The summed E-state index contributed by atoms with van der Waals surface area (Å²) in [5, 5.41) is 12.3. The number of ether oxygens (including phenoxy) is 1. The molecular weight excluding hydrogens is 488 g/mol. The number of Topliss-reactive ketones (excluding diaryl/α,β-unsaturated/α-hetero) is 1. The summed E-state index contributed by atoms with van der Waals surface area (Å²) in [6, 6.07) is 10.5. The average Bonchev–Trinajstić information content (AvgIpc) is 3.30. The number of rotatable bonds is 10. The van der Waals surface area contributed by atoms with Crippen molar-refractivity contribution in [3.8, 4) is 5.75 Å². The molecule has 0 spiro atoms. The van der Waals surface area contributed by atoms with Gasteiger partial charge in [-0.3, -0.25) is 19.2 Å². The number of likely N-dealkylation sites (tertiary alicyclic amines) is 1. The molecule has 1 fully saturated rings. The van der Waals surface area contributed by atoms with Crippen LogP contribution in [0.15, 0.2) is 41.2 Å². The lowest BCUT2D eigenvalue weighted by Crippen LogP contribution is -2.47. The zero-order valence-electron chi connectivity index (χ0n) is 21.8. The maximum atomic E-state index is 13.8. The average molecular weight is 523 g/mol. The smallest absolute Gasteiger partial charge is 0.271 e. The molecule has 1 aliphatic rings. The Labute approximate surface area is 220 Å². The Morgan fingerprint density at radius 2 is 1.84 bits per heavy atom. The predicted octanol–water partition coefficient (Wildman–Crippen LogP) is 2.28. The Balaban J connectivity index is 1.66. The van der Waals surface area contributed by atoms with E-state index in [1.807, 2.05) is 19.1 Å². The second-order valence-electron chi connectivity index (χ2n) is 9.40. The van der Waals surface area contributed by atoms with Gasteiger partial charge in [-0.25, -0.2) is 0 Å². The van der Waals surface area contributed by atoms with Gasteiger partial charge in [0.25, 0.3) is 11.5 Å². The number of benzene rings is 1. The molecule has 3 N–H and O–H groups in total. The third-order valence-electron chi connectivity index (χ3n) is 6.84. The van der Waals surface area contributed by atoms with Crippen molar-refractivity contribution in [1.82, 2.24) is 19.8 Å². The van der Waals surface area contributed by atoms with Crippen LogP contribution >= 0.6 is 0 Å². The number of aryl methyl sites for hydroxylation is 1. The van der Waals surface area contributed by atoms with E-state index in [4.69, 9.17) is 9.84 Å². The lowest BCUT2D eigenvalue weighted by atomic mass is 10.0. The lowest BCUT2D eigenvalue weighted by molar-refractivity contribution is -0.135. The first-order chi connectivity index (χ1) is 18.4. The minimum atomic E-state index is -0.529. The number of hydrogen-bond acceptors (Lipinski definition) is 6. The van der Waals surface area contributed by atoms with Gasteiger partial charge in [0.05, 0.1) is 18.7 Å². The highest BCUT2D eigenvalue weighted by Gasteiger charge is 2.28. The summed E-state index contributed by atoms with van der Waals surface area (Å²) in [5.74, 6) is -0.738. The minimum absolute atomic E-state index is 0.114. The van der Waals surface area contributed by atoms with Gasteiger partial charge in [0, 0.05) is 30.4 Å². The molecule has 0 bridgehead atoms. The number of aromatic nitrogens is 2. The monoisotopic (exact) mass is 522 g/mol. The second kappa shape index (κ2) is 12.1. The van der Waals surface area contributed by atoms with E-state index < -0.39 is 12.5 Å². The number of nitrogens with zero attached hydrogens (tertiary/aromatic N) is 2. The van der Waals surface area contributed by atoms with Crippen molar-refractivity contribution in [2.24, 2.45) is 0 Å². The Morgan fingerprint density at radius 1 is 1.13 bits per heavy atom. The highest BCUT2D eigenvalue weighted by Crippen LogP contribution is 2.29. The molecule has 2 amide bonds. The van der Waals surface area contributed by atoms with Crippen LogP contribution in [0.5, 0.6) is 5.75 Å². The molecule has 0 aliphatic carbocycles. The van der Waals surface area contributed by atoms with Gasteiger partial charge < -0.3 is 29.6 Å². The fourth-order valence-electron chi connectivity index (χ4n) is 4.91. The van der Waals surface area contributed by atoms with Crippen LogP contribution in [0.25, 0.3) is 10.9 Å². The Hall–Kier alpha value is -3.92.